The third-order valence-corrected chi connectivity index (χ3v) is 1.63. The van der Waals surface area contributed by atoms with Crippen molar-refractivity contribution in [3.05, 3.63) is 12.2 Å². The van der Waals surface area contributed by atoms with E-state index in [1.54, 1.807) is 0 Å². The van der Waals surface area contributed by atoms with Gasteiger partial charge in [0.05, 0.1) is 12.7 Å². The molecule has 0 aromatic carbocycles. The van der Waals surface area contributed by atoms with Gasteiger partial charge in [0, 0.05) is 5.57 Å². The van der Waals surface area contributed by atoms with Gasteiger partial charge in [-0.3, -0.25) is 0 Å². The van der Waals surface area contributed by atoms with Crippen molar-refractivity contribution in [1.29, 1.82) is 0 Å². The van der Waals surface area contributed by atoms with Crippen molar-refractivity contribution in [3.63, 3.8) is 0 Å². The van der Waals surface area contributed by atoms with Crippen molar-refractivity contribution in [2.75, 3.05) is 6.61 Å². The van der Waals surface area contributed by atoms with Gasteiger partial charge in [-0.2, -0.15) is 0 Å². The molecular formula is C9H16O5. The van der Waals surface area contributed by atoms with Crippen molar-refractivity contribution in [1.82, 2.24) is 0 Å². The van der Waals surface area contributed by atoms with E-state index in [0.717, 1.165) is 0 Å². The zero-order valence-corrected chi connectivity index (χ0v) is 8.30. The molecule has 0 rings (SSSR count). The summed E-state index contributed by atoms with van der Waals surface area (Å²) >= 11 is 0. The lowest BCUT2D eigenvalue weighted by Crippen LogP contribution is -2.41. The Morgan fingerprint density at radius 3 is 2.29 bits per heavy atom. The SMILES string of the molecule is C=C(C)C(=O)OC(C(C)O)C(O)CO. The first-order valence-electron chi connectivity index (χ1n) is 4.23. The Bertz CT molecular complexity index is 211. The molecule has 14 heavy (non-hydrogen) atoms. The average Bonchev–Trinajstić information content (AvgIpc) is 2.11. The maximum absolute atomic E-state index is 11.1. The zero-order chi connectivity index (χ0) is 11.3. The molecule has 0 aliphatic carbocycles. The number of esters is 1. The fraction of sp³-hybridized carbons (Fsp3) is 0.667. The van der Waals surface area contributed by atoms with Gasteiger partial charge < -0.3 is 20.1 Å². The maximum Gasteiger partial charge on any atom is 0.333 e. The van der Waals surface area contributed by atoms with Crippen molar-refractivity contribution < 1.29 is 24.9 Å². The molecule has 0 bridgehead atoms. The average molecular weight is 204 g/mol. The summed E-state index contributed by atoms with van der Waals surface area (Å²) < 4.78 is 4.73. The first kappa shape index (κ1) is 13.1. The van der Waals surface area contributed by atoms with Crippen LogP contribution in [-0.4, -0.2) is 46.2 Å². The topological polar surface area (TPSA) is 87.0 Å². The molecule has 5 nitrogen and oxygen atoms in total. The minimum Gasteiger partial charge on any atom is -0.453 e. The van der Waals surface area contributed by atoms with Gasteiger partial charge in [-0.1, -0.05) is 6.58 Å². The number of carbonyl (C=O) groups excluding carboxylic acids is 1. The third-order valence-electron chi connectivity index (χ3n) is 1.63. The van der Waals surface area contributed by atoms with Crippen LogP contribution in [0.1, 0.15) is 13.8 Å². The normalized spacial score (nSPS) is 16.9. The maximum atomic E-state index is 11.1. The summed E-state index contributed by atoms with van der Waals surface area (Å²) in [5.41, 5.74) is 0.167. The van der Waals surface area contributed by atoms with Gasteiger partial charge in [0.2, 0.25) is 0 Å². The quantitative estimate of drug-likeness (QED) is 0.403. The second-order valence-corrected chi connectivity index (χ2v) is 3.14. The lowest BCUT2D eigenvalue weighted by atomic mass is 10.1. The first-order chi connectivity index (χ1) is 6.40. The number of ether oxygens (including phenoxy) is 1. The minimum atomic E-state index is -1.29. The minimum absolute atomic E-state index is 0.167. The third kappa shape index (κ3) is 3.87. The van der Waals surface area contributed by atoms with Crippen LogP contribution >= 0.6 is 0 Å². The van der Waals surface area contributed by atoms with Crippen LogP contribution in [-0.2, 0) is 9.53 Å². The number of aliphatic hydroxyl groups excluding tert-OH is 3. The number of carbonyl (C=O) groups is 1. The predicted octanol–water partition coefficient (Wildman–Crippen LogP) is -0.792. The zero-order valence-electron chi connectivity index (χ0n) is 8.30. The molecular weight excluding hydrogens is 188 g/mol. The van der Waals surface area contributed by atoms with Gasteiger partial charge in [-0.05, 0) is 13.8 Å². The van der Waals surface area contributed by atoms with E-state index in [1.807, 2.05) is 0 Å². The Kier molecular flexibility index (Phi) is 5.37. The number of aliphatic hydroxyl groups is 3. The first-order valence-corrected chi connectivity index (χ1v) is 4.23. The summed E-state index contributed by atoms with van der Waals surface area (Å²) in [6, 6.07) is 0. The van der Waals surface area contributed by atoms with E-state index < -0.39 is 30.9 Å². The van der Waals surface area contributed by atoms with E-state index in [9.17, 15) is 9.90 Å². The summed E-state index contributed by atoms with van der Waals surface area (Å²) in [6.45, 7) is 5.58. The van der Waals surface area contributed by atoms with Gasteiger partial charge in [0.1, 0.15) is 6.10 Å². The summed E-state index contributed by atoms with van der Waals surface area (Å²) in [5, 5.41) is 27.0. The van der Waals surface area contributed by atoms with Gasteiger partial charge >= 0.3 is 5.97 Å². The largest absolute Gasteiger partial charge is 0.453 e. The molecule has 0 spiro atoms. The van der Waals surface area contributed by atoms with E-state index in [1.165, 1.54) is 13.8 Å². The second kappa shape index (κ2) is 5.74. The van der Waals surface area contributed by atoms with Crippen molar-refractivity contribution >= 4 is 5.97 Å². The van der Waals surface area contributed by atoms with Crippen LogP contribution in [0.25, 0.3) is 0 Å². The number of hydrogen-bond acceptors (Lipinski definition) is 5. The highest BCUT2D eigenvalue weighted by Gasteiger charge is 2.27. The van der Waals surface area contributed by atoms with Crippen molar-refractivity contribution in [2.45, 2.75) is 32.2 Å². The molecule has 5 heteroatoms. The fourth-order valence-corrected chi connectivity index (χ4v) is 0.827. The summed E-state index contributed by atoms with van der Waals surface area (Å²) in [4.78, 5) is 11.1. The Labute approximate surface area is 82.6 Å². The fourth-order valence-electron chi connectivity index (χ4n) is 0.827. The van der Waals surface area contributed by atoms with Crippen molar-refractivity contribution in [3.8, 4) is 0 Å². The van der Waals surface area contributed by atoms with Gasteiger partial charge in [0.25, 0.3) is 0 Å². The van der Waals surface area contributed by atoms with E-state index in [2.05, 4.69) is 6.58 Å². The summed E-state index contributed by atoms with van der Waals surface area (Å²) in [5.74, 6) is -0.705. The molecule has 3 N–H and O–H groups in total. The van der Waals surface area contributed by atoms with Crippen LogP contribution in [0.3, 0.4) is 0 Å². The van der Waals surface area contributed by atoms with E-state index in [0.29, 0.717) is 0 Å². The molecule has 3 atom stereocenters. The molecule has 0 saturated heterocycles. The molecule has 82 valence electrons. The predicted molar refractivity (Wildman–Crippen MR) is 49.5 cm³/mol. The molecule has 0 aromatic rings. The highest BCUT2D eigenvalue weighted by molar-refractivity contribution is 5.87. The molecule has 0 radical (unpaired) electrons. The van der Waals surface area contributed by atoms with Crippen LogP contribution in [0.5, 0.6) is 0 Å². The van der Waals surface area contributed by atoms with Crippen LogP contribution in [0, 0.1) is 0 Å². The van der Waals surface area contributed by atoms with Crippen LogP contribution in [0.15, 0.2) is 12.2 Å². The molecule has 0 saturated carbocycles. The Hall–Kier alpha value is -0.910. The Balaban J connectivity index is 4.38. The number of rotatable bonds is 5. The molecule has 3 unspecified atom stereocenters. The summed E-state index contributed by atoms with van der Waals surface area (Å²) in [7, 11) is 0. The van der Waals surface area contributed by atoms with Crippen LogP contribution < -0.4 is 0 Å². The molecule has 0 aromatic heterocycles. The van der Waals surface area contributed by atoms with Gasteiger partial charge in [0.15, 0.2) is 6.10 Å². The standard InChI is InChI=1S/C9H16O5/c1-5(2)9(13)14-8(6(3)11)7(12)4-10/h6-8,10-12H,1,4H2,2-3H3. The molecule has 0 fully saturated rings. The molecule has 0 amide bonds. The molecule has 0 aliphatic heterocycles. The highest BCUT2D eigenvalue weighted by Crippen LogP contribution is 2.08. The molecule has 0 heterocycles. The lowest BCUT2D eigenvalue weighted by molar-refractivity contribution is -0.161. The Morgan fingerprint density at radius 2 is 2.00 bits per heavy atom. The van der Waals surface area contributed by atoms with Gasteiger partial charge in [-0.15, -0.1) is 0 Å². The number of hydrogen-bond donors (Lipinski definition) is 3. The van der Waals surface area contributed by atoms with Crippen LogP contribution in [0.2, 0.25) is 0 Å². The molecule has 0 aliphatic rings. The lowest BCUT2D eigenvalue weighted by Gasteiger charge is -2.24. The van der Waals surface area contributed by atoms with E-state index in [-0.39, 0.29) is 5.57 Å². The smallest absolute Gasteiger partial charge is 0.333 e. The van der Waals surface area contributed by atoms with Crippen LogP contribution in [0.4, 0.5) is 0 Å². The van der Waals surface area contributed by atoms with E-state index in [4.69, 9.17) is 14.9 Å². The van der Waals surface area contributed by atoms with Gasteiger partial charge in [-0.25, -0.2) is 4.79 Å². The Morgan fingerprint density at radius 1 is 1.50 bits per heavy atom. The highest BCUT2D eigenvalue weighted by atomic mass is 16.6. The second-order valence-electron chi connectivity index (χ2n) is 3.14. The summed E-state index contributed by atoms with van der Waals surface area (Å²) in [6.07, 6.45) is -3.48. The van der Waals surface area contributed by atoms with E-state index >= 15 is 0 Å². The van der Waals surface area contributed by atoms with Crippen molar-refractivity contribution in [2.24, 2.45) is 0 Å². The monoisotopic (exact) mass is 204 g/mol.